The zero-order chi connectivity index (χ0) is 11.8. The lowest BCUT2D eigenvalue weighted by Gasteiger charge is -2.28. The summed E-state index contributed by atoms with van der Waals surface area (Å²) in [7, 11) is 0. The van der Waals surface area contributed by atoms with Crippen LogP contribution in [-0.4, -0.2) is 30.2 Å². The highest BCUT2D eigenvalue weighted by Gasteiger charge is 2.34. The number of nitrogens with one attached hydrogen (secondary N) is 2. The van der Waals surface area contributed by atoms with Gasteiger partial charge in [0, 0.05) is 19.5 Å². The number of benzene rings is 1. The molecule has 98 valence electrons. The Hall–Kier alpha value is -1.10. The molecule has 0 spiro atoms. The summed E-state index contributed by atoms with van der Waals surface area (Å²) in [6, 6.07) is 7.66. The van der Waals surface area contributed by atoms with E-state index >= 15 is 0 Å². The zero-order valence-corrected chi connectivity index (χ0v) is 10.7. The van der Waals surface area contributed by atoms with Gasteiger partial charge in [-0.1, -0.05) is 24.3 Å². The normalized spacial score (nSPS) is 25.8. The summed E-state index contributed by atoms with van der Waals surface area (Å²) in [5.74, 6) is 0.111. The van der Waals surface area contributed by atoms with Crippen LogP contribution in [0.25, 0.3) is 0 Å². The van der Waals surface area contributed by atoms with E-state index in [2.05, 4.69) is 10.6 Å². The van der Waals surface area contributed by atoms with E-state index in [1.807, 2.05) is 24.3 Å². The molecule has 0 aromatic heterocycles. The van der Waals surface area contributed by atoms with E-state index in [1.165, 1.54) is 0 Å². The maximum Gasteiger partial charge on any atom is 0.226 e. The van der Waals surface area contributed by atoms with Gasteiger partial charge in [0.05, 0.1) is 18.1 Å². The summed E-state index contributed by atoms with van der Waals surface area (Å²) in [5.41, 5.74) is 2.19. The van der Waals surface area contributed by atoms with Crippen molar-refractivity contribution in [1.29, 1.82) is 0 Å². The molecule has 1 aliphatic carbocycles. The zero-order valence-electron chi connectivity index (χ0n) is 9.93. The third-order valence-corrected chi connectivity index (χ3v) is 3.65. The molecule has 4 nitrogen and oxygen atoms in total. The van der Waals surface area contributed by atoms with Crippen molar-refractivity contribution in [1.82, 2.24) is 10.6 Å². The highest BCUT2D eigenvalue weighted by molar-refractivity contribution is 5.85. The van der Waals surface area contributed by atoms with Gasteiger partial charge < -0.3 is 15.7 Å². The fourth-order valence-electron chi connectivity index (χ4n) is 2.49. The van der Waals surface area contributed by atoms with E-state index in [0.29, 0.717) is 6.42 Å². The van der Waals surface area contributed by atoms with Crippen LogP contribution >= 0.6 is 12.4 Å². The SMILES string of the molecule is Cl.O=C(N[C@H]1c2ccccc2C[C@H]1O)C1CNC1. The van der Waals surface area contributed by atoms with Gasteiger partial charge in [0.15, 0.2) is 0 Å². The molecule has 1 aromatic carbocycles. The van der Waals surface area contributed by atoms with Crippen molar-refractivity contribution in [3.05, 3.63) is 35.4 Å². The van der Waals surface area contributed by atoms with Gasteiger partial charge >= 0.3 is 0 Å². The fraction of sp³-hybridized carbons (Fsp3) is 0.462. The van der Waals surface area contributed by atoms with Crippen molar-refractivity contribution in [3.8, 4) is 0 Å². The number of aliphatic hydroxyl groups excluding tert-OH is 1. The minimum atomic E-state index is -0.496. The Morgan fingerprint density at radius 1 is 1.33 bits per heavy atom. The molecular formula is C13H17ClN2O2. The minimum absolute atomic E-state index is 0. The molecule has 5 heteroatoms. The lowest BCUT2D eigenvalue weighted by atomic mass is 10.0. The van der Waals surface area contributed by atoms with Gasteiger partial charge in [0.2, 0.25) is 5.91 Å². The van der Waals surface area contributed by atoms with Crippen LogP contribution < -0.4 is 10.6 Å². The van der Waals surface area contributed by atoms with E-state index in [1.54, 1.807) is 0 Å². The lowest BCUT2D eigenvalue weighted by Crippen LogP contribution is -2.52. The fourth-order valence-corrected chi connectivity index (χ4v) is 2.49. The van der Waals surface area contributed by atoms with Crippen LogP contribution in [0, 0.1) is 5.92 Å². The highest BCUT2D eigenvalue weighted by Crippen LogP contribution is 2.31. The Balaban J connectivity index is 0.00000120. The number of hydrogen-bond acceptors (Lipinski definition) is 3. The molecule has 1 saturated heterocycles. The maximum atomic E-state index is 11.9. The molecule has 3 rings (SSSR count). The molecule has 2 atom stereocenters. The number of rotatable bonds is 2. The second-order valence-corrected chi connectivity index (χ2v) is 4.81. The van der Waals surface area contributed by atoms with Crippen molar-refractivity contribution in [2.75, 3.05) is 13.1 Å². The average Bonchev–Trinajstić information content (AvgIpc) is 2.53. The number of hydrogen-bond donors (Lipinski definition) is 3. The second-order valence-electron chi connectivity index (χ2n) is 4.81. The Labute approximate surface area is 112 Å². The first kappa shape index (κ1) is 13.3. The molecule has 3 N–H and O–H groups in total. The molecule has 1 aromatic rings. The van der Waals surface area contributed by atoms with Crippen LogP contribution in [0.4, 0.5) is 0 Å². The Bertz CT molecular complexity index is 448. The largest absolute Gasteiger partial charge is 0.390 e. The van der Waals surface area contributed by atoms with Gasteiger partial charge in [0.1, 0.15) is 0 Å². The standard InChI is InChI=1S/C13H16N2O2.ClH/c16-11-5-8-3-1-2-4-10(8)12(11)15-13(17)9-6-14-7-9;/h1-4,9,11-12,14,16H,5-7H2,(H,15,17);1H/t11-,12+;/m1./s1. The molecule has 18 heavy (non-hydrogen) atoms. The topological polar surface area (TPSA) is 61.4 Å². The van der Waals surface area contributed by atoms with Crippen LogP contribution in [0.5, 0.6) is 0 Å². The first-order chi connectivity index (χ1) is 8.25. The van der Waals surface area contributed by atoms with Gasteiger partial charge in [-0.25, -0.2) is 0 Å². The van der Waals surface area contributed by atoms with Crippen molar-refractivity contribution in [2.24, 2.45) is 5.92 Å². The third-order valence-electron chi connectivity index (χ3n) is 3.65. The molecule has 1 fully saturated rings. The van der Waals surface area contributed by atoms with E-state index < -0.39 is 6.10 Å². The summed E-state index contributed by atoms with van der Waals surface area (Å²) in [6.07, 6.45) is 0.133. The second kappa shape index (κ2) is 5.26. The average molecular weight is 269 g/mol. The van der Waals surface area contributed by atoms with Crippen LogP contribution in [0.3, 0.4) is 0 Å². The molecule has 2 aliphatic rings. The molecule has 0 unspecified atom stereocenters. The van der Waals surface area contributed by atoms with E-state index in [4.69, 9.17) is 0 Å². The Morgan fingerprint density at radius 3 is 2.72 bits per heavy atom. The summed E-state index contributed by atoms with van der Waals surface area (Å²) < 4.78 is 0. The van der Waals surface area contributed by atoms with E-state index in [0.717, 1.165) is 24.2 Å². The summed E-state index contributed by atoms with van der Waals surface area (Å²) in [5, 5.41) is 16.0. The first-order valence-electron chi connectivity index (χ1n) is 6.02. The Kier molecular flexibility index (Phi) is 3.90. The van der Waals surface area contributed by atoms with Crippen molar-refractivity contribution < 1.29 is 9.90 Å². The van der Waals surface area contributed by atoms with Gasteiger partial charge in [-0.15, -0.1) is 12.4 Å². The summed E-state index contributed by atoms with van der Waals surface area (Å²) in [4.78, 5) is 11.9. The summed E-state index contributed by atoms with van der Waals surface area (Å²) in [6.45, 7) is 1.49. The number of carbonyl (C=O) groups is 1. The maximum absolute atomic E-state index is 11.9. The first-order valence-corrected chi connectivity index (χ1v) is 6.02. The van der Waals surface area contributed by atoms with Gasteiger partial charge in [-0.2, -0.15) is 0 Å². The number of fused-ring (bicyclic) bond motifs is 1. The predicted octanol–water partition coefficient (Wildman–Crippen LogP) is 0.402. The van der Waals surface area contributed by atoms with Crippen molar-refractivity contribution in [3.63, 3.8) is 0 Å². The molecule has 0 radical (unpaired) electrons. The number of halogens is 1. The number of aliphatic hydroxyl groups is 1. The molecule has 1 amide bonds. The molecule has 1 heterocycles. The lowest BCUT2D eigenvalue weighted by molar-refractivity contribution is -0.127. The van der Waals surface area contributed by atoms with E-state index in [-0.39, 0.29) is 30.3 Å². The van der Waals surface area contributed by atoms with Crippen molar-refractivity contribution in [2.45, 2.75) is 18.6 Å². The van der Waals surface area contributed by atoms with Crippen LogP contribution in [-0.2, 0) is 11.2 Å². The third kappa shape index (κ3) is 2.23. The van der Waals surface area contributed by atoms with E-state index in [9.17, 15) is 9.90 Å². The smallest absolute Gasteiger partial charge is 0.226 e. The highest BCUT2D eigenvalue weighted by atomic mass is 35.5. The van der Waals surface area contributed by atoms with Crippen molar-refractivity contribution >= 4 is 18.3 Å². The van der Waals surface area contributed by atoms with Crippen LogP contribution in [0.15, 0.2) is 24.3 Å². The number of carbonyl (C=O) groups excluding carboxylic acids is 1. The van der Waals surface area contributed by atoms with Crippen LogP contribution in [0.1, 0.15) is 17.2 Å². The number of amides is 1. The molecule has 1 aliphatic heterocycles. The minimum Gasteiger partial charge on any atom is -0.390 e. The quantitative estimate of drug-likeness (QED) is 0.728. The molecule has 0 bridgehead atoms. The summed E-state index contributed by atoms with van der Waals surface area (Å²) >= 11 is 0. The van der Waals surface area contributed by atoms with Gasteiger partial charge in [-0.05, 0) is 11.1 Å². The van der Waals surface area contributed by atoms with Crippen LogP contribution in [0.2, 0.25) is 0 Å². The molecule has 0 saturated carbocycles. The van der Waals surface area contributed by atoms with Gasteiger partial charge in [-0.3, -0.25) is 4.79 Å². The predicted molar refractivity (Wildman–Crippen MR) is 70.6 cm³/mol. The monoisotopic (exact) mass is 268 g/mol. The van der Waals surface area contributed by atoms with Gasteiger partial charge in [0.25, 0.3) is 0 Å². The Morgan fingerprint density at radius 2 is 2.06 bits per heavy atom. The molecular weight excluding hydrogens is 252 g/mol.